The van der Waals surface area contributed by atoms with Gasteiger partial charge in [0.1, 0.15) is 0 Å². The molecule has 80 valence electrons. The minimum atomic E-state index is -2.89. The zero-order chi connectivity index (χ0) is 10.5. The molecule has 0 rings (SSSR count). The van der Waals surface area contributed by atoms with Crippen LogP contribution in [0.15, 0.2) is 0 Å². The van der Waals surface area contributed by atoms with Gasteiger partial charge in [-0.05, 0) is 33.7 Å². The highest BCUT2D eigenvalue weighted by atomic mass is 32.2. The van der Waals surface area contributed by atoms with Crippen LogP contribution >= 0.6 is 0 Å². The predicted octanol–water partition coefficient (Wildman–Crippen LogP) is 1.20. The van der Waals surface area contributed by atoms with Gasteiger partial charge >= 0.3 is 0 Å². The molecule has 0 aliphatic carbocycles. The maximum Gasteiger partial charge on any atom is 0.154 e. The standard InChI is InChI=1S/C9H21NO2S/c1-5-6-10-9(4)7-13(11,12)8(2)3/h8-10H,5-7H2,1-4H3. The van der Waals surface area contributed by atoms with Crippen LogP contribution in [0.1, 0.15) is 34.1 Å². The first-order valence-corrected chi connectivity index (χ1v) is 6.56. The van der Waals surface area contributed by atoms with Crippen LogP contribution in [0.2, 0.25) is 0 Å². The Bertz CT molecular complexity index is 222. The summed E-state index contributed by atoms with van der Waals surface area (Å²) in [4.78, 5) is 0. The van der Waals surface area contributed by atoms with Gasteiger partial charge in [0, 0.05) is 6.04 Å². The monoisotopic (exact) mass is 207 g/mol. The van der Waals surface area contributed by atoms with Crippen molar-refractivity contribution in [2.45, 2.75) is 45.4 Å². The Labute approximate surface area is 81.8 Å². The van der Waals surface area contributed by atoms with Crippen LogP contribution in [0.25, 0.3) is 0 Å². The van der Waals surface area contributed by atoms with Gasteiger partial charge in [-0.1, -0.05) is 6.92 Å². The smallest absolute Gasteiger partial charge is 0.154 e. The van der Waals surface area contributed by atoms with Crippen LogP contribution in [0.5, 0.6) is 0 Å². The summed E-state index contributed by atoms with van der Waals surface area (Å²) >= 11 is 0. The molecule has 1 unspecified atom stereocenters. The van der Waals surface area contributed by atoms with Crippen molar-refractivity contribution >= 4 is 9.84 Å². The second-order valence-electron chi connectivity index (χ2n) is 3.73. The summed E-state index contributed by atoms with van der Waals surface area (Å²) in [6, 6.07) is 0.0624. The van der Waals surface area contributed by atoms with Crippen molar-refractivity contribution in [2.24, 2.45) is 0 Å². The Morgan fingerprint density at radius 2 is 1.77 bits per heavy atom. The highest BCUT2D eigenvalue weighted by Crippen LogP contribution is 2.02. The van der Waals surface area contributed by atoms with E-state index in [0.29, 0.717) is 0 Å². The zero-order valence-corrected chi connectivity index (χ0v) is 9.82. The fraction of sp³-hybridized carbons (Fsp3) is 1.00. The van der Waals surface area contributed by atoms with E-state index in [2.05, 4.69) is 12.2 Å². The third kappa shape index (κ3) is 5.26. The van der Waals surface area contributed by atoms with Crippen LogP contribution < -0.4 is 5.32 Å². The van der Waals surface area contributed by atoms with Crippen LogP contribution in [0.3, 0.4) is 0 Å². The van der Waals surface area contributed by atoms with E-state index in [9.17, 15) is 8.42 Å². The van der Waals surface area contributed by atoms with Gasteiger partial charge in [0.2, 0.25) is 0 Å². The normalized spacial score (nSPS) is 14.8. The molecule has 0 spiro atoms. The molecule has 0 aromatic rings. The topological polar surface area (TPSA) is 46.2 Å². The number of rotatable bonds is 6. The largest absolute Gasteiger partial charge is 0.313 e. The molecule has 0 radical (unpaired) electrons. The number of hydrogen-bond donors (Lipinski definition) is 1. The quantitative estimate of drug-likeness (QED) is 0.712. The van der Waals surface area contributed by atoms with Crippen molar-refractivity contribution < 1.29 is 8.42 Å². The summed E-state index contributed by atoms with van der Waals surface area (Å²) in [6.45, 7) is 8.31. The zero-order valence-electron chi connectivity index (χ0n) is 9.00. The molecule has 4 heteroatoms. The number of sulfone groups is 1. The SMILES string of the molecule is CCCNC(C)CS(=O)(=O)C(C)C. The minimum absolute atomic E-state index is 0.0624. The summed E-state index contributed by atoms with van der Waals surface area (Å²) in [5, 5.41) is 2.90. The lowest BCUT2D eigenvalue weighted by Crippen LogP contribution is -2.35. The third-order valence-corrected chi connectivity index (χ3v) is 4.34. The molecule has 0 saturated heterocycles. The first-order valence-electron chi connectivity index (χ1n) is 4.85. The molecule has 3 nitrogen and oxygen atoms in total. The summed E-state index contributed by atoms with van der Waals surface area (Å²) in [6.07, 6.45) is 1.03. The summed E-state index contributed by atoms with van der Waals surface area (Å²) < 4.78 is 22.9. The van der Waals surface area contributed by atoms with Crippen molar-refractivity contribution in [3.8, 4) is 0 Å². The third-order valence-electron chi connectivity index (χ3n) is 1.94. The van der Waals surface area contributed by atoms with E-state index in [0.717, 1.165) is 13.0 Å². The van der Waals surface area contributed by atoms with Crippen molar-refractivity contribution in [2.75, 3.05) is 12.3 Å². The van der Waals surface area contributed by atoms with Crippen molar-refractivity contribution in [3.63, 3.8) is 0 Å². The van der Waals surface area contributed by atoms with Gasteiger partial charge in [-0.3, -0.25) is 0 Å². The molecule has 0 saturated carbocycles. The molecular formula is C9H21NO2S. The van der Waals surface area contributed by atoms with Crippen LogP contribution in [-0.2, 0) is 9.84 Å². The van der Waals surface area contributed by atoms with Crippen molar-refractivity contribution in [3.05, 3.63) is 0 Å². The molecular weight excluding hydrogens is 186 g/mol. The molecule has 0 fully saturated rings. The van der Waals surface area contributed by atoms with Gasteiger partial charge < -0.3 is 5.32 Å². The van der Waals surface area contributed by atoms with Gasteiger partial charge in [0.15, 0.2) is 9.84 Å². The highest BCUT2D eigenvalue weighted by Gasteiger charge is 2.18. The van der Waals surface area contributed by atoms with E-state index >= 15 is 0 Å². The summed E-state index contributed by atoms with van der Waals surface area (Å²) in [7, 11) is -2.89. The first-order chi connectivity index (χ1) is 5.90. The van der Waals surface area contributed by atoms with E-state index in [-0.39, 0.29) is 17.0 Å². The van der Waals surface area contributed by atoms with Gasteiger partial charge in [0.25, 0.3) is 0 Å². The van der Waals surface area contributed by atoms with Crippen LogP contribution in [0.4, 0.5) is 0 Å². The molecule has 1 N–H and O–H groups in total. The lowest BCUT2D eigenvalue weighted by atomic mass is 10.3. The molecule has 0 bridgehead atoms. The van der Waals surface area contributed by atoms with E-state index in [4.69, 9.17) is 0 Å². The minimum Gasteiger partial charge on any atom is -0.313 e. The van der Waals surface area contributed by atoms with E-state index in [1.165, 1.54) is 0 Å². The maximum absolute atomic E-state index is 11.5. The Balaban J connectivity index is 3.98. The molecule has 0 aromatic carbocycles. The average Bonchev–Trinajstić information content (AvgIpc) is 1.99. The van der Waals surface area contributed by atoms with E-state index in [1.54, 1.807) is 13.8 Å². The Hall–Kier alpha value is -0.0900. The predicted molar refractivity (Wildman–Crippen MR) is 56.7 cm³/mol. The fourth-order valence-corrected chi connectivity index (χ4v) is 2.19. The molecule has 0 aromatic heterocycles. The summed E-state index contributed by atoms with van der Waals surface area (Å²) in [5.41, 5.74) is 0. The van der Waals surface area contributed by atoms with Gasteiger partial charge in [-0.15, -0.1) is 0 Å². The number of nitrogens with one attached hydrogen (secondary N) is 1. The molecule has 13 heavy (non-hydrogen) atoms. The lowest BCUT2D eigenvalue weighted by Gasteiger charge is -2.15. The average molecular weight is 207 g/mol. The van der Waals surface area contributed by atoms with Gasteiger partial charge in [0.05, 0.1) is 11.0 Å². The Morgan fingerprint density at radius 1 is 1.23 bits per heavy atom. The lowest BCUT2D eigenvalue weighted by molar-refractivity contribution is 0.550. The Morgan fingerprint density at radius 3 is 2.15 bits per heavy atom. The maximum atomic E-state index is 11.5. The Kier molecular flexibility index (Phi) is 5.56. The van der Waals surface area contributed by atoms with Gasteiger partial charge in [-0.25, -0.2) is 8.42 Å². The second kappa shape index (κ2) is 5.60. The second-order valence-corrected chi connectivity index (χ2v) is 6.34. The van der Waals surface area contributed by atoms with Gasteiger partial charge in [-0.2, -0.15) is 0 Å². The molecule has 0 aliphatic heterocycles. The van der Waals surface area contributed by atoms with Crippen LogP contribution in [-0.4, -0.2) is 32.0 Å². The first kappa shape index (κ1) is 12.9. The van der Waals surface area contributed by atoms with E-state index < -0.39 is 9.84 Å². The van der Waals surface area contributed by atoms with Crippen molar-refractivity contribution in [1.82, 2.24) is 5.32 Å². The molecule has 0 amide bonds. The highest BCUT2D eigenvalue weighted by molar-refractivity contribution is 7.92. The fourth-order valence-electron chi connectivity index (χ4n) is 0.991. The van der Waals surface area contributed by atoms with Crippen LogP contribution in [0, 0.1) is 0 Å². The summed E-state index contributed by atoms with van der Waals surface area (Å²) in [5.74, 6) is 0.241. The molecule has 1 atom stereocenters. The molecule has 0 heterocycles. The van der Waals surface area contributed by atoms with Crippen molar-refractivity contribution in [1.29, 1.82) is 0 Å². The van der Waals surface area contributed by atoms with E-state index in [1.807, 2.05) is 6.92 Å². The number of hydrogen-bond acceptors (Lipinski definition) is 3. The molecule has 0 aliphatic rings.